The van der Waals surface area contributed by atoms with Gasteiger partial charge in [-0.05, 0) is 36.4 Å². The van der Waals surface area contributed by atoms with Crippen LogP contribution in [0.1, 0.15) is 24.4 Å². The zero-order valence-corrected chi connectivity index (χ0v) is 9.08. The SMILES string of the molecule is Cc1nn(C)c(C(C)N)c1I. The monoisotopic (exact) mass is 265 g/mol. The molecule has 1 atom stereocenters. The summed E-state index contributed by atoms with van der Waals surface area (Å²) in [6.07, 6.45) is 0. The summed E-state index contributed by atoms with van der Waals surface area (Å²) in [7, 11) is 1.92. The van der Waals surface area contributed by atoms with E-state index in [-0.39, 0.29) is 6.04 Å². The Morgan fingerprint density at radius 3 is 2.36 bits per heavy atom. The molecule has 0 aliphatic heterocycles. The lowest BCUT2D eigenvalue weighted by molar-refractivity contribution is 0.649. The van der Waals surface area contributed by atoms with Crippen LogP contribution in [0.3, 0.4) is 0 Å². The molecular formula is C7H12IN3. The summed E-state index contributed by atoms with van der Waals surface area (Å²) >= 11 is 2.28. The van der Waals surface area contributed by atoms with Gasteiger partial charge in [-0.1, -0.05) is 0 Å². The molecule has 3 nitrogen and oxygen atoms in total. The molecule has 1 rings (SSSR count). The van der Waals surface area contributed by atoms with Crippen molar-refractivity contribution in [3.8, 4) is 0 Å². The molecule has 11 heavy (non-hydrogen) atoms. The zero-order chi connectivity index (χ0) is 8.59. The lowest BCUT2D eigenvalue weighted by Crippen LogP contribution is -2.11. The van der Waals surface area contributed by atoms with Gasteiger partial charge in [0.1, 0.15) is 0 Å². The second kappa shape index (κ2) is 3.10. The summed E-state index contributed by atoms with van der Waals surface area (Å²) in [5.41, 5.74) is 7.93. The van der Waals surface area contributed by atoms with Crippen molar-refractivity contribution in [2.45, 2.75) is 19.9 Å². The zero-order valence-electron chi connectivity index (χ0n) is 6.93. The molecular weight excluding hydrogens is 253 g/mol. The van der Waals surface area contributed by atoms with Gasteiger partial charge in [0.25, 0.3) is 0 Å². The topological polar surface area (TPSA) is 43.8 Å². The summed E-state index contributed by atoms with van der Waals surface area (Å²) in [4.78, 5) is 0. The Bertz CT molecular complexity index is 265. The van der Waals surface area contributed by atoms with Gasteiger partial charge in [-0.15, -0.1) is 0 Å². The highest BCUT2D eigenvalue weighted by Gasteiger charge is 2.12. The normalized spacial score (nSPS) is 13.5. The summed E-state index contributed by atoms with van der Waals surface area (Å²) < 4.78 is 3.03. The Hall–Kier alpha value is -0.100. The third-order valence-corrected chi connectivity index (χ3v) is 2.96. The standard InChI is InChI=1S/C7H12IN3/c1-4(9)7-6(8)5(2)10-11(7)3/h4H,9H2,1-3H3. The molecule has 0 aliphatic rings. The minimum atomic E-state index is 0.0631. The predicted molar refractivity (Wildman–Crippen MR) is 53.3 cm³/mol. The largest absolute Gasteiger partial charge is 0.323 e. The minimum absolute atomic E-state index is 0.0631. The number of rotatable bonds is 1. The van der Waals surface area contributed by atoms with Crippen molar-refractivity contribution in [1.82, 2.24) is 9.78 Å². The van der Waals surface area contributed by atoms with Crippen LogP contribution >= 0.6 is 22.6 Å². The Morgan fingerprint density at radius 2 is 2.18 bits per heavy atom. The van der Waals surface area contributed by atoms with Gasteiger partial charge in [0.15, 0.2) is 0 Å². The minimum Gasteiger partial charge on any atom is -0.323 e. The van der Waals surface area contributed by atoms with E-state index in [1.54, 1.807) is 0 Å². The average molecular weight is 265 g/mol. The molecule has 0 saturated heterocycles. The second-order valence-electron chi connectivity index (χ2n) is 2.70. The first-order chi connectivity index (χ1) is 5.04. The van der Waals surface area contributed by atoms with Crippen LogP contribution in [0, 0.1) is 10.5 Å². The Balaban J connectivity index is 3.22. The van der Waals surface area contributed by atoms with Crippen molar-refractivity contribution in [3.63, 3.8) is 0 Å². The van der Waals surface area contributed by atoms with E-state index in [0.29, 0.717) is 0 Å². The molecule has 0 aliphatic carbocycles. The van der Waals surface area contributed by atoms with Gasteiger partial charge in [0.05, 0.1) is 15.0 Å². The molecule has 62 valence electrons. The number of hydrogen-bond donors (Lipinski definition) is 1. The van der Waals surface area contributed by atoms with E-state index in [9.17, 15) is 0 Å². The van der Waals surface area contributed by atoms with Gasteiger partial charge < -0.3 is 5.73 Å². The molecule has 0 amide bonds. The first-order valence-corrected chi connectivity index (χ1v) is 4.56. The van der Waals surface area contributed by atoms with Crippen LogP contribution in [0.4, 0.5) is 0 Å². The second-order valence-corrected chi connectivity index (χ2v) is 3.78. The van der Waals surface area contributed by atoms with E-state index >= 15 is 0 Å². The average Bonchev–Trinajstić information content (AvgIpc) is 2.07. The van der Waals surface area contributed by atoms with Crippen molar-refractivity contribution < 1.29 is 0 Å². The van der Waals surface area contributed by atoms with Crippen molar-refractivity contribution >= 4 is 22.6 Å². The highest BCUT2D eigenvalue weighted by Crippen LogP contribution is 2.19. The highest BCUT2D eigenvalue weighted by molar-refractivity contribution is 14.1. The Kier molecular flexibility index (Phi) is 2.54. The van der Waals surface area contributed by atoms with E-state index in [1.807, 2.05) is 25.6 Å². The molecule has 2 N–H and O–H groups in total. The number of halogens is 1. The fraction of sp³-hybridized carbons (Fsp3) is 0.571. The third-order valence-electron chi connectivity index (χ3n) is 1.62. The molecule has 0 saturated carbocycles. The van der Waals surface area contributed by atoms with Crippen LogP contribution in [-0.2, 0) is 7.05 Å². The molecule has 0 radical (unpaired) electrons. The molecule has 4 heteroatoms. The number of nitrogens with two attached hydrogens (primary N) is 1. The lowest BCUT2D eigenvalue weighted by Gasteiger charge is -2.05. The third kappa shape index (κ3) is 1.56. The molecule has 1 heterocycles. The molecule has 1 aromatic heterocycles. The van der Waals surface area contributed by atoms with Crippen molar-refractivity contribution in [3.05, 3.63) is 15.0 Å². The molecule has 1 aromatic rings. The van der Waals surface area contributed by atoms with Gasteiger partial charge in [-0.3, -0.25) is 4.68 Å². The number of nitrogens with zero attached hydrogens (tertiary/aromatic N) is 2. The van der Waals surface area contributed by atoms with E-state index in [2.05, 4.69) is 27.7 Å². The molecule has 0 bridgehead atoms. The molecule has 0 aromatic carbocycles. The summed E-state index contributed by atoms with van der Waals surface area (Å²) in [5, 5.41) is 4.26. The Labute approximate surface area is 80.1 Å². The number of hydrogen-bond acceptors (Lipinski definition) is 2. The number of aryl methyl sites for hydroxylation is 2. The molecule has 0 fully saturated rings. The Morgan fingerprint density at radius 1 is 1.64 bits per heavy atom. The van der Waals surface area contributed by atoms with Crippen molar-refractivity contribution in [1.29, 1.82) is 0 Å². The summed E-state index contributed by atoms with van der Waals surface area (Å²) in [5.74, 6) is 0. The van der Waals surface area contributed by atoms with E-state index in [0.717, 1.165) is 11.4 Å². The van der Waals surface area contributed by atoms with Crippen molar-refractivity contribution in [2.24, 2.45) is 12.8 Å². The fourth-order valence-electron chi connectivity index (χ4n) is 1.14. The lowest BCUT2D eigenvalue weighted by atomic mass is 10.2. The smallest absolute Gasteiger partial charge is 0.0730 e. The van der Waals surface area contributed by atoms with Crippen molar-refractivity contribution in [2.75, 3.05) is 0 Å². The fourth-order valence-corrected chi connectivity index (χ4v) is 2.09. The van der Waals surface area contributed by atoms with Crippen LogP contribution in [0.25, 0.3) is 0 Å². The summed E-state index contributed by atoms with van der Waals surface area (Å²) in [6.45, 7) is 3.96. The van der Waals surface area contributed by atoms with Gasteiger partial charge >= 0.3 is 0 Å². The molecule has 1 unspecified atom stereocenters. The van der Waals surface area contributed by atoms with E-state index in [4.69, 9.17) is 5.73 Å². The first-order valence-electron chi connectivity index (χ1n) is 3.48. The maximum Gasteiger partial charge on any atom is 0.0730 e. The van der Waals surface area contributed by atoms with Crippen LogP contribution < -0.4 is 5.73 Å². The van der Waals surface area contributed by atoms with Crippen LogP contribution in [0.2, 0.25) is 0 Å². The van der Waals surface area contributed by atoms with Crippen LogP contribution in [0.15, 0.2) is 0 Å². The van der Waals surface area contributed by atoms with Gasteiger partial charge in [-0.25, -0.2) is 0 Å². The van der Waals surface area contributed by atoms with E-state index < -0.39 is 0 Å². The number of aromatic nitrogens is 2. The first kappa shape index (κ1) is 8.99. The quantitative estimate of drug-likeness (QED) is 0.779. The van der Waals surface area contributed by atoms with Gasteiger partial charge in [-0.2, -0.15) is 5.10 Å². The molecule has 0 spiro atoms. The maximum absolute atomic E-state index is 5.76. The highest BCUT2D eigenvalue weighted by atomic mass is 127. The predicted octanol–water partition coefficient (Wildman–Crippen LogP) is 1.35. The van der Waals surface area contributed by atoms with Crippen LogP contribution in [0.5, 0.6) is 0 Å². The summed E-state index contributed by atoms with van der Waals surface area (Å²) in [6, 6.07) is 0.0631. The van der Waals surface area contributed by atoms with Gasteiger partial charge in [0.2, 0.25) is 0 Å². The van der Waals surface area contributed by atoms with Gasteiger partial charge in [0, 0.05) is 13.1 Å². The van der Waals surface area contributed by atoms with E-state index in [1.165, 1.54) is 3.57 Å². The van der Waals surface area contributed by atoms with Crippen LogP contribution in [-0.4, -0.2) is 9.78 Å². The maximum atomic E-state index is 5.76.